The monoisotopic (exact) mass is 396 g/mol. The third-order valence-electron chi connectivity index (χ3n) is 4.35. The molecule has 0 aromatic heterocycles. The number of fused-ring (bicyclic) bond motifs is 2. The van der Waals surface area contributed by atoms with E-state index in [9.17, 15) is 9.59 Å². The van der Waals surface area contributed by atoms with Crippen molar-refractivity contribution in [2.24, 2.45) is 0 Å². The van der Waals surface area contributed by atoms with Crippen molar-refractivity contribution in [1.29, 1.82) is 0 Å². The molecule has 0 aliphatic heterocycles. The predicted octanol–water partition coefficient (Wildman–Crippen LogP) is 5.25. The van der Waals surface area contributed by atoms with Crippen LogP contribution in [0.15, 0.2) is 109 Å². The Labute approximate surface area is 174 Å². The molecule has 5 rings (SSSR count). The van der Waals surface area contributed by atoms with Crippen molar-refractivity contribution in [2.75, 3.05) is 0 Å². The van der Waals surface area contributed by atoms with Crippen LogP contribution in [0.1, 0.15) is 31.8 Å². The van der Waals surface area contributed by atoms with Gasteiger partial charge < -0.3 is 10.2 Å². The Morgan fingerprint density at radius 3 is 0.800 bits per heavy atom. The molecule has 0 unspecified atom stereocenters. The Hall–Kier alpha value is -4.18. The van der Waals surface area contributed by atoms with E-state index in [0.717, 1.165) is 0 Å². The van der Waals surface area contributed by atoms with Crippen molar-refractivity contribution >= 4 is 11.6 Å². The Balaban J connectivity index is 0.000000152. The van der Waals surface area contributed by atoms with Crippen molar-refractivity contribution < 1.29 is 19.8 Å². The summed E-state index contributed by atoms with van der Waals surface area (Å²) in [6, 6.07) is 31.3. The van der Waals surface area contributed by atoms with Gasteiger partial charge in [-0.15, -0.1) is 0 Å². The maximum Gasteiger partial charge on any atom is 0.194 e. The minimum absolute atomic E-state index is 0.0641. The number of benzene rings is 4. The summed E-state index contributed by atoms with van der Waals surface area (Å²) in [6.45, 7) is 0. The minimum Gasteiger partial charge on any atom is -0.508 e. The molecule has 0 bridgehead atoms. The number of rotatable bonds is 0. The summed E-state index contributed by atoms with van der Waals surface area (Å²) >= 11 is 0. The second-order valence-electron chi connectivity index (χ2n) is 6.42. The van der Waals surface area contributed by atoms with Crippen molar-refractivity contribution in [3.63, 3.8) is 0 Å². The second kappa shape index (κ2) is 9.85. The highest BCUT2D eigenvalue weighted by Crippen LogP contribution is 2.26. The van der Waals surface area contributed by atoms with Crippen molar-refractivity contribution in [1.82, 2.24) is 0 Å². The summed E-state index contributed by atoms with van der Waals surface area (Å²) in [5.74, 6) is 0.515. The van der Waals surface area contributed by atoms with E-state index in [1.165, 1.54) is 0 Å². The van der Waals surface area contributed by atoms with Gasteiger partial charge in [0.05, 0.1) is 0 Å². The summed E-state index contributed by atoms with van der Waals surface area (Å²) in [4.78, 5) is 24.2. The number of para-hydroxylation sites is 2. The standard InChI is InChI=1S/C14H8O2.2C6H6O/c15-13-9-5-1-2-6-10(9)14(16)12-8-4-3-7-11(12)13;2*7-6-4-2-1-3-5-6/h1-8H;2*1-5,7H. The van der Waals surface area contributed by atoms with E-state index in [4.69, 9.17) is 10.2 Å². The molecule has 1 aliphatic carbocycles. The fourth-order valence-corrected chi connectivity index (χ4v) is 2.90. The molecule has 0 heterocycles. The molecule has 0 fully saturated rings. The molecule has 1 aliphatic rings. The van der Waals surface area contributed by atoms with Gasteiger partial charge in [-0.1, -0.05) is 84.9 Å². The van der Waals surface area contributed by atoms with Crippen LogP contribution in [0.4, 0.5) is 0 Å². The van der Waals surface area contributed by atoms with Gasteiger partial charge in [0.15, 0.2) is 11.6 Å². The topological polar surface area (TPSA) is 74.6 Å². The van der Waals surface area contributed by atoms with E-state index in [2.05, 4.69) is 0 Å². The van der Waals surface area contributed by atoms with Gasteiger partial charge >= 0.3 is 0 Å². The Morgan fingerprint density at radius 1 is 0.367 bits per heavy atom. The molecule has 4 aromatic carbocycles. The Bertz CT molecular complexity index is 993. The van der Waals surface area contributed by atoms with Crippen LogP contribution in [0.3, 0.4) is 0 Å². The molecule has 0 atom stereocenters. The van der Waals surface area contributed by atoms with E-state index < -0.39 is 0 Å². The SMILES string of the molecule is O=C1c2ccccc2C(=O)c2ccccc21.Oc1ccccc1.Oc1ccccc1. The van der Waals surface area contributed by atoms with E-state index >= 15 is 0 Å². The predicted molar refractivity (Wildman–Crippen MR) is 116 cm³/mol. The molecule has 30 heavy (non-hydrogen) atoms. The maximum atomic E-state index is 12.1. The van der Waals surface area contributed by atoms with E-state index in [1.54, 1.807) is 97.1 Å². The third kappa shape index (κ3) is 5.00. The average Bonchev–Trinajstić information content (AvgIpc) is 2.79. The van der Waals surface area contributed by atoms with Gasteiger partial charge in [-0.3, -0.25) is 9.59 Å². The van der Waals surface area contributed by atoms with Crippen molar-refractivity contribution in [2.45, 2.75) is 0 Å². The van der Waals surface area contributed by atoms with Crippen molar-refractivity contribution in [3.05, 3.63) is 131 Å². The first-order chi connectivity index (χ1) is 14.6. The molecule has 0 saturated carbocycles. The van der Waals surface area contributed by atoms with Crippen LogP contribution >= 0.6 is 0 Å². The van der Waals surface area contributed by atoms with Crippen molar-refractivity contribution in [3.8, 4) is 11.5 Å². The number of ketones is 2. The number of aromatic hydroxyl groups is 2. The zero-order chi connectivity index (χ0) is 21.3. The first-order valence-electron chi connectivity index (χ1n) is 9.33. The normalized spacial score (nSPS) is 11.1. The molecule has 0 saturated heterocycles. The van der Waals surface area contributed by atoms with Crippen LogP contribution in [0, 0.1) is 0 Å². The lowest BCUT2D eigenvalue weighted by atomic mass is 9.84. The molecule has 4 heteroatoms. The number of carbonyl (C=O) groups excluding carboxylic acids is 2. The highest BCUT2D eigenvalue weighted by Gasteiger charge is 2.28. The first-order valence-corrected chi connectivity index (χ1v) is 9.33. The molecular weight excluding hydrogens is 376 g/mol. The first kappa shape index (κ1) is 20.6. The van der Waals surface area contributed by atoms with Gasteiger partial charge in [0.1, 0.15) is 11.5 Å². The maximum absolute atomic E-state index is 12.1. The van der Waals surface area contributed by atoms with Gasteiger partial charge in [-0.2, -0.15) is 0 Å². The van der Waals surface area contributed by atoms with Gasteiger partial charge in [0, 0.05) is 22.3 Å². The fourth-order valence-electron chi connectivity index (χ4n) is 2.90. The molecule has 0 spiro atoms. The number of phenolic OH excluding ortho intramolecular Hbond substituents is 2. The summed E-state index contributed by atoms with van der Waals surface area (Å²) in [6.07, 6.45) is 0. The number of phenols is 2. The lowest BCUT2D eigenvalue weighted by Gasteiger charge is -2.16. The highest BCUT2D eigenvalue weighted by atomic mass is 16.3. The van der Waals surface area contributed by atoms with E-state index in [0.29, 0.717) is 33.8 Å². The van der Waals surface area contributed by atoms with Crippen LogP contribution in [0.5, 0.6) is 11.5 Å². The van der Waals surface area contributed by atoms with E-state index in [-0.39, 0.29) is 11.6 Å². The highest BCUT2D eigenvalue weighted by molar-refractivity contribution is 6.28. The quantitative estimate of drug-likeness (QED) is 0.375. The molecule has 0 amide bonds. The van der Waals surface area contributed by atoms with Crippen LogP contribution in [0.25, 0.3) is 0 Å². The lowest BCUT2D eigenvalue weighted by molar-refractivity contribution is 0.0979. The van der Waals surface area contributed by atoms with Gasteiger partial charge in [0.2, 0.25) is 0 Å². The zero-order valence-electron chi connectivity index (χ0n) is 16.1. The van der Waals surface area contributed by atoms with E-state index in [1.807, 2.05) is 12.1 Å². The van der Waals surface area contributed by atoms with Crippen LogP contribution in [-0.4, -0.2) is 21.8 Å². The smallest absolute Gasteiger partial charge is 0.194 e. The molecule has 4 aromatic rings. The average molecular weight is 396 g/mol. The minimum atomic E-state index is -0.0641. The molecular formula is C26H20O4. The third-order valence-corrected chi connectivity index (χ3v) is 4.35. The fraction of sp³-hybridized carbons (Fsp3) is 0. The Morgan fingerprint density at radius 2 is 0.600 bits per heavy atom. The summed E-state index contributed by atoms with van der Waals surface area (Å²) in [5, 5.41) is 17.3. The second-order valence-corrected chi connectivity index (χ2v) is 6.42. The largest absolute Gasteiger partial charge is 0.508 e. The molecule has 4 nitrogen and oxygen atoms in total. The van der Waals surface area contributed by atoms with Crippen LogP contribution in [0.2, 0.25) is 0 Å². The Kier molecular flexibility index (Phi) is 6.74. The van der Waals surface area contributed by atoms with Crippen LogP contribution in [-0.2, 0) is 0 Å². The van der Waals surface area contributed by atoms with Gasteiger partial charge in [-0.05, 0) is 24.3 Å². The van der Waals surface area contributed by atoms with Crippen LogP contribution < -0.4 is 0 Å². The van der Waals surface area contributed by atoms with Gasteiger partial charge in [0.25, 0.3) is 0 Å². The molecule has 148 valence electrons. The zero-order valence-corrected chi connectivity index (χ0v) is 16.1. The number of hydrogen-bond acceptors (Lipinski definition) is 4. The molecule has 0 radical (unpaired) electrons. The summed E-state index contributed by atoms with van der Waals surface area (Å²) in [7, 11) is 0. The van der Waals surface area contributed by atoms with Gasteiger partial charge in [-0.25, -0.2) is 0 Å². The molecule has 2 N–H and O–H groups in total. The lowest BCUT2D eigenvalue weighted by Crippen LogP contribution is -2.20. The summed E-state index contributed by atoms with van der Waals surface area (Å²) in [5.41, 5.74) is 2.02. The number of hydrogen-bond donors (Lipinski definition) is 2. The summed E-state index contributed by atoms with van der Waals surface area (Å²) < 4.78 is 0. The number of carbonyl (C=O) groups is 2.